The van der Waals surface area contributed by atoms with Gasteiger partial charge in [0.15, 0.2) is 0 Å². The van der Waals surface area contributed by atoms with Crippen molar-refractivity contribution < 1.29 is 8.81 Å². The van der Waals surface area contributed by atoms with E-state index in [9.17, 15) is 4.39 Å². The Hall–Kier alpha value is -1.33. The van der Waals surface area contributed by atoms with Crippen molar-refractivity contribution >= 4 is 39.9 Å². The number of nitrogens with one attached hydrogen (secondary N) is 1. The van der Waals surface area contributed by atoms with Crippen LogP contribution in [0.1, 0.15) is 11.3 Å². The zero-order valence-electron chi connectivity index (χ0n) is 13.3. The molecule has 1 aromatic heterocycles. The molecule has 3 aromatic rings. The van der Waals surface area contributed by atoms with Gasteiger partial charge in [-0.05, 0) is 54.9 Å². The van der Waals surface area contributed by atoms with Crippen LogP contribution >= 0.6 is 39.9 Å². The zero-order valence-corrected chi connectivity index (χ0v) is 16.4. The Morgan fingerprint density at radius 2 is 1.88 bits per heavy atom. The second kappa shape index (κ2) is 9.39. The summed E-state index contributed by atoms with van der Waals surface area (Å²) in [6.45, 7) is 1.26. The van der Waals surface area contributed by atoms with Crippen molar-refractivity contribution in [2.24, 2.45) is 0 Å². The molecule has 0 saturated heterocycles. The Morgan fingerprint density at radius 1 is 1.08 bits per heavy atom. The number of rotatable bonds is 6. The molecule has 3 rings (SSSR count). The fourth-order valence-corrected chi connectivity index (χ4v) is 3.21. The van der Waals surface area contributed by atoms with Crippen molar-refractivity contribution in [2.75, 3.05) is 6.54 Å². The monoisotopic (exact) mass is 443 g/mol. The molecular formula is C19H17BrCl2FNO. The summed E-state index contributed by atoms with van der Waals surface area (Å²) in [6, 6.07) is 16.3. The summed E-state index contributed by atoms with van der Waals surface area (Å²) >= 11 is 9.63. The first-order valence-corrected chi connectivity index (χ1v) is 8.79. The largest absolute Gasteiger partial charge is 0.460 e. The van der Waals surface area contributed by atoms with E-state index in [2.05, 4.69) is 21.2 Å². The summed E-state index contributed by atoms with van der Waals surface area (Å²) in [6.07, 6.45) is 0.638. The summed E-state index contributed by atoms with van der Waals surface area (Å²) in [5, 5.41) is 3.90. The number of hydrogen-bond donors (Lipinski definition) is 1. The summed E-state index contributed by atoms with van der Waals surface area (Å²) in [5.41, 5.74) is 1.57. The molecule has 0 fully saturated rings. The molecule has 2 nitrogen and oxygen atoms in total. The summed E-state index contributed by atoms with van der Waals surface area (Å²) in [5.74, 6) is 1.39. The van der Waals surface area contributed by atoms with Crippen molar-refractivity contribution in [3.05, 3.63) is 81.2 Å². The van der Waals surface area contributed by atoms with Crippen LogP contribution in [0.15, 0.2) is 63.5 Å². The maximum absolute atomic E-state index is 13.5. The van der Waals surface area contributed by atoms with Gasteiger partial charge in [-0.25, -0.2) is 4.39 Å². The maximum Gasteiger partial charge on any atom is 0.135 e. The average molecular weight is 445 g/mol. The Morgan fingerprint density at radius 3 is 2.64 bits per heavy atom. The molecule has 0 atom stereocenters. The van der Waals surface area contributed by atoms with Gasteiger partial charge in [-0.1, -0.05) is 45.7 Å². The molecule has 1 N–H and O–H groups in total. The minimum Gasteiger partial charge on any atom is -0.460 e. The second-order valence-electron chi connectivity index (χ2n) is 5.41. The molecule has 25 heavy (non-hydrogen) atoms. The number of halogens is 4. The molecule has 0 unspecified atom stereocenters. The van der Waals surface area contributed by atoms with Crippen molar-refractivity contribution in [1.82, 2.24) is 5.32 Å². The fourth-order valence-electron chi connectivity index (χ4n) is 2.44. The molecule has 0 saturated carbocycles. The summed E-state index contributed by atoms with van der Waals surface area (Å²) < 4.78 is 20.3. The minimum atomic E-state index is -0.163. The van der Waals surface area contributed by atoms with Crippen LogP contribution < -0.4 is 5.32 Å². The van der Waals surface area contributed by atoms with Gasteiger partial charge >= 0.3 is 0 Å². The highest BCUT2D eigenvalue weighted by Gasteiger charge is 2.09. The molecule has 0 spiro atoms. The molecule has 6 heteroatoms. The van der Waals surface area contributed by atoms with Crippen LogP contribution in [0.2, 0.25) is 5.02 Å². The predicted octanol–water partition coefficient (Wildman–Crippen LogP) is 6.26. The first-order chi connectivity index (χ1) is 11.6. The van der Waals surface area contributed by atoms with Crippen LogP contribution in [0.25, 0.3) is 11.3 Å². The molecule has 0 amide bonds. The van der Waals surface area contributed by atoms with Crippen LogP contribution in [0, 0.1) is 5.82 Å². The van der Waals surface area contributed by atoms with E-state index in [1.165, 1.54) is 6.07 Å². The Balaban J connectivity index is 0.00000225. The number of furan rings is 1. The highest BCUT2D eigenvalue weighted by molar-refractivity contribution is 9.10. The van der Waals surface area contributed by atoms with Crippen LogP contribution in [-0.2, 0) is 13.0 Å². The number of benzene rings is 2. The second-order valence-corrected chi connectivity index (χ2v) is 6.73. The van der Waals surface area contributed by atoms with E-state index in [0.29, 0.717) is 30.1 Å². The lowest BCUT2D eigenvalue weighted by atomic mass is 10.1. The van der Waals surface area contributed by atoms with Gasteiger partial charge in [0.25, 0.3) is 0 Å². The van der Waals surface area contributed by atoms with Crippen molar-refractivity contribution in [1.29, 1.82) is 0 Å². The predicted molar refractivity (Wildman–Crippen MR) is 106 cm³/mol. The molecule has 0 aliphatic rings. The van der Waals surface area contributed by atoms with Crippen molar-refractivity contribution in [2.45, 2.75) is 13.0 Å². The maximum atomic E-state index is 13.5. The van der Waals surface area contributed by atoms with Crippen LogP contribution in [0.3, 0.4) is 0 Å². The molecule has 0 radical (unpaired) electrons. The van der Waals surface area contributed by atoms with E-state index in [1.807, 2.05) is 36.4 Å². The fraction of sp³-hybridized carbons (Fsp3) is 0.158. The Bertz CT molecular complexity index is 838. The van der Waals surface area contributed by atoms with Gasteiger partial charge in [-0.2, -0.15) is 0 Å². The van der Waals surface area contributed by atoms with E-state index in [0.717, 1.165) is 21.6 Å². The standard InChI is InChI=1S/C19H16BrClFNO.ClH/c20-14-5-7-16(17(21)11-14)19-8-6-15(24-19)12-23-10-9-13-3-1-2-4-18(13)22;/h1-8,11,23H,9-10,12H2;1H. The van der Waals surface area contributed by atoms with Crippen LogP contribution in [-0.4, -0.2) is 6.54 Å². The molecule has 132 valence electrons. The first-order valence-electron chi connectivity index (χ1n) is 7.62. The van der Waals surface area contributed by atoms with Crippen molar-refractivity contribution in [3.8, 4) is 11.3 Å². The third-order valence-corrected chi connectivity index (χ3v) is 4.49. The Kier molecular flexibility index (Phi) is 7.51. The quantitative estimate of drug-likeness (QED) is 0.454. The molecular weight excluding hydrogens is 428 g/mol. The molecule has 1 heterocycles. The lowest BCUT2D eigenvalue weighted by Gasteiger charge is -2.05. The van der Waals surface area contributed by atoms with Gasteiger partial charge in [-0.15, -0.1) is 12.4 Å². The highest BCUT2D eigenvalue weighted by atomic mass is 79.9. The summed E-state index contributed by atoms with van der Waals surface area (Å²) in [4.78, 5) is 0. The zero-order chi connectivity index (χ0) is 16.9. The minimum absolute atomic E-state index is 0. The van der Waals surface area contributed by atoms with E-state index in [-0.39, 0.29) is 18.2 Å². The molecule has 0 aliphatic carbocycles. The summed E-state index contributed by atoms with van der Waals surface area (Å²) in [7, 11) is 0. The highest BCUT2D eigenvalue weighted by Crippen LogP contribution is 2.31. The Labute approximate surface area is 165 Å². The molecule has 2 aromatic carbocycles. The van der Waals surface area contributed by atoms with Crippen molar-refractivity contribution in [3.63, 3.8) is 0 Å². The van der Waals surface area contributed by atoms with Gasteiger partial charge < -0.3 is 9.73 Å². The van der Waals surface area contributed by atoms with Gasteiger partial charge in [-0.3, -0.25) is 0 Å². The van der Waals surface area contributed by atoms with E-state index in [4.69, 9.17) is 16.0 Å². The third-order valence-electron chi connectivity index (χ3n) is 3.69. The number of hydrogen-bond acceptors (Lipinski definition) is 2. The third kappa shape index (κ3) is 5.32. The smallest absolute Gasteiger partial charge is 0.135 e. The van der Waals surface area contributed by atoms with E-state index < -0.39 is 0 Å². The van der Waals surface area contributed by atoms with Crippen LogP contribution in [0.5, 0.6) is 0 Å². The SMILES string of the molecule is Cl.Fc1ccccc1CCNCc1ccc(-c2ccc(Br)cc2Cl)o1. The molecule has 0 bridgehead atoms. The normalized spacial score (nSPS) is 10.5. The van der Waals surface area contributed by atoms with Gasteiger partial charge in [0.1, 0.15) is 17.3 Å². The molecule has 0 aliphatic heterocycles. The lowest BCUT2D eigenvalue weighted by molar-refractivity contribution is 0.493. The van der Waals surface area contributed by atoms with Gasteiger partial charge in [0.2, 0.25) is 0 Å². The van der Waals surface area contributed by atoms with Gasteiger partial charge in [0.05, 0.1) is 11.6 Å². The van der Waals surface area contributed by atoms with E-state index in [1.54, 1.807) is 12.1 Å². The average Bonchev–Trinajstić information content (AvgIpc) is 3.01. The first kappa shape index (κ1) is 20.0. The van der Waals surface area contributed by atoms with Gasteiger partial charge in [0, 0.05) is 10.0 Å². The lowest BCUT2D eigenvalue weighted by Crippen LogP contribution is -2.16. The van der Waals surface area contributed by atoms with E-state index >= 15 is 0 Å². The topological polar surface area (TPSA) is 25.2 Å². The van der Waals surface area contributed by atoms with Crippen LogP contribution in [0.4, 0.5) is 4.39 Å².